The molecule has 4 N–H and O–H groups in total. The highest BCUT2D eigenvalue weighted by Crippen LogP contribution is 2.42. The van der Waals surface area contributed by atoms with Crippen LogP contribution < -0.4 is 16.6 Å². The summed E-state index contributed by atoms with van der Waals surface area (Å²) in [5, 5.41) is 3.07. The number of aromatic nitrogens is 2. The number of carbonyl (C=O) groups is 2. The minimum Gasteiger partial charge on any atom is -0.369 e. The largest absolute Gasteiger partial charge is 0.369 e. The quantitative estimate of drug-likeness (QED) is 0.686. The summed E-state index contributed by atoms with van der Waals surface area (Å²) < 4.78 is 0. The van der Waals surface area contributed by atoms with Crippen molar-refractivity contribution in [2.75, 3.05) is 18.8 Å². The van der Waals surface area contributed by atoms with E-state index in [-0.39, 0.29) is 41.7 Å². The second kappa shape index (κ2) is 6.74. The molecule has 2 atom stereocenters. The zero-order valence-electron chi connectivity index (χ0n) is 14.7. The summed E-state index contributed by atoms with van der Waals surface area (Å²) >= 11 is 0. The van der Waals surface area contributed by atoms with E-state index in [1.54, 1.807) is 0 Å². The Balaban J connectivity index is 1.39. The fourth-order valence-electron chi connectivity index (χ4n) is 4.12. The number of hydrogen-bond donors (Lipinski definition) is 3. The lowest BCUT2D eigenvalue weighted by molar-refractivity contribution is -0.137. The highest BCUT2D eigenvalue weighted by atomic mass is 16.2. The lowest BCUT2D eigenvalue weighted by Crippen LogP contribution is -2.43. The minimum atomic E-state index is -0.366. The highest BCUT2D eigenvalue weighted by Gasteiger charge is 2.45. The molecule has 8 nitrogen and oxygen atoms in total. The van der Waals surface area contributed by atoms with Gasteiger partial charge in [-0.2, -0.15) is 0 Å². The first-order chi connectivity index (χ1) is 12.5. The van der Waals surface area contributed by atoms with Crippen molar-refractivity contribution in [3.05, 3.63) is 22.1 Å². The standard InChI is InChI=1S/C18H25N5O3/c19-18-20-12(7-16(25)22-18)6-15(24)21-14-9-23(8-13(14)10-4-5-10)17(26)11-2-1-3-11/h7,10-11,13-14H,1-6,8-9H2,(H,21,24)(H3,19,20,22,25)/t13?,14-/m0/s1. The number of hydrogen-bond acceptors (Lipinski definition) is 5. The van der Waals surface area contributed by atoms with Crippen LogP contribution in [0.3, 0.4) is 0 Å². The van der Waals surface area contributed by atoms with Gasteiger partial charge in [-0.3, -0.25) is 19.4 Å². The average Bonchev–Trinajstić information content (AvgIpc) is 3.25. The highest BCUT2D eigenvalue weighted by molar-refractivity contribution is 5.81. The van der Waals surface area contributed by atoms with Gasteiger partial charge in [0, 0.05) is 31.0 Å². The van der Waals surface area contributed by atoms with Gasteiger partial charge in [0.1, 0.15) is 0 Å². The molecule has 0 aromatic carbocycles. The van der Waals surface area contributed by atoms with Gasteiger partial charge < -0.3 is 16.0 Å². The van der Waals surface area contributed by atoms with Crippen LogP contribution in [-0.2, 0) is 16.0 Å². The molecule has 8 heteroatoms. The lowest BCUT2D eigenvalue weighted by Gasteiger charge is -2.29. The summed E-state index contributed by atoms with van der Waals surface area (Å²) in [7, 11) is 0. The first-order valence-electron chi connectivity index (χ1n) is 9.43. The first-order valence-corrected chi connectivity index (χ1v) is 9.43. The van der Waals surface area contributed by atoms with Crippen LogP contribution in [0, 0.1) is 17.8 Å². The van der Waals surface area contributed by atoms with Crippen molar-refractivity contribution in [1.29, 1.82) is 0 Å². The third kappa shape index (κ3) is 3.59. The molecule has 3 fully saturated rings. The van der Waals surface area contributed by atoms with Gasteiger partial charge in [-0.15, -0.1) is 0 Å². The molecule has 2 amide bonds. The molecule has 3 aliphatic rings. The van der Waals surface area contributed by atoms with Gasteiger partial charge in [0.2, 0.25) is 17.8 Å². The Morgan fingerprint density at radius 3 is 2.65 bits per heavy atom. The monoisotopic (exact) mass is 359 g/mol. The average molecular weight is 359 g/mol. The van der Waals surface area contributed by atoms with Crippen molar-refractivity contribution < 1.29 is 9.59 Å². The molecular weight excluding hydrogens is 334 g/mol. The maximum Gasteiger partial charge on any atom is 0.252 e. The van der Waals surface area contributed by atoms with Gasteiger partial charge >= 0.3 is 0 Å². The Morgan fingerprint density at radius 1 is 1.27 bits per heavy atom. The molecule has 1 aliphatic heterocycles. The number of nitrogens with two attached hydrogens (primary N) is 1. The van der Waals surface area contributed by atoms with Crippen LogP contribution in [0.2, 0.25) is 0 Å². The van der Waals surface area contributed by atoms with E-state index >= 15 is 0 Å². The van der Waals surface area contributed by atoms with Crippen molar-refractivity contribution in [3.8, 4) is 0 Å². The number of carbonyl (C=O) groups excluding carboxylic acids is 2. The maximum absolute atomic E-state index is 12.6. The van der Waals surface area contributed by atoms with E-state index in [1.165, 1.54) is 18.9 Å². The summed E-state index contributed by atoms with van der Waals surface area (Å²) in [4.78, 5) is 44.8. The van der Waals surface area contributed by atoms with E-state index in [0.29, 0.717) is 24.1 Å². The Kier molecular flexibility index (Phi) is 4.42. The first kappa shape index (κ1) is 17.1. The number of rotatable bonds is 5. The maximum atomic E-state index is 12.6. The Bertz CT molecular complexity index is 768. The summed E-state index contributed by atoms with van der Waals surface area (Å²) in [5.41, 5.74) is 5.51. The molecule has 1 saturated heterocycles. The molecule has 2 heterocycles. The normalized spacial score (nSPS) is 25.8. The molecule has 0 spiro atoms. The molecule has 0 radical (unpaired) electrons. The third-order valence-corrected chi connectivity index (χ3v) is 5.86. The number of nitrogens with zero attached hydrogens (tertiary/aromatic N) is 2. The number of likely N-dealkylation sites (tertiary alicyclic amines) is 1. The zero-order valence-corrected chi connectivity index (χ0v) is 14.7. The zero-order chi connectivity index (χ0) is 18.3. The molecule has 26 heavy (non-hydrogen) atoms. The van der Waals surface area contributed by atoms with Gasteiger partial charge in [-0.05, 0) is 31.6 Å². The van der Waals surface area contributed by atoms with E-state index in [4.69, 9.17) is 5.73 Å². The van der Waals surface area contributed by atoms with E-state index in [1.807, 2.05) is 4.90 Å². The SMILES string of the molecule is Nc1nc(CC(=O)N[C@H]2CN(C(=O)C3CCC3)CC2C2CC2)cc(=O)[nH]1. The van der Waals surface area contributed by atoms with Gasteiger partial charge in [0.15, 0.2) is 0 Å². The lowest BCUT2D eigenvalue weighted by atomic mass is 9.84. The summed E-state index contributed by atoms with van der Waals surface area (Å²) in [6, 6.07) is 1.27. The Morgan fingerprint density at radius 2 is 2.04 bits per heavy atom. The summed E-state index contributed by atoms with van der Waals surface area (Å²) in [6.07, 6.45) is 5.50. The molecule has 1 unspecified atom stereocenters. The fraction of sp³-hybridized carbons (Fsp3) is 0.667. The number of amides is 2. The van der Waals surface area contributed by atoms with E-state index in [9.17, 15) is 14.4 Å². The molecule has 140 valence electrons. The van der Waals surface area contributed by atoms with Crippen molar-refractivity contribution in [3.63, 3.8) is 0 Å². The van der Waals surface area contributed by atoms with Crippen LogP contribution >= 0.6 is 0 Å². The Labute approximate surface area is 151 Å². The predicted octanol–water partition coefficient (Wildman–Crippen LogP) is 0.0479. The summed E-state index contributed by atoms with van der Waals surface area (Å²) in [5.74, 6) is 1.20. The fourth-order valence-corrected chi connectivity index (χ4v) is 4.12. The topological polar surface area (TPSA) is 121 Å². The third-order valence-electron chi connectivity index (χ3n) is 5.86. The second-order valence-corrected chi connectivity index (χ2v) is 7.85. The van der Waals surface area contributed by atoms with Gasteiger partial charge in [0.25, 0.3) is 5.56 Å². The molecule has 2 aliphatic carbocycles. The van der Waals surface area contributed by atoms with Crippen molar-refractivity contribution in [2.24, 2.45) is 17.8 Å². The van der Waals surface area contributed by atoms with Crippen LogP contribution in [0.4, 0.5) is 5.95 Å². The Hall–Kier alpha value is -2.38. The van der Waals surface area contributed by atoms with E-state index < -0.39 is 0 Å². The van der Waals surface area contributed by atoms with Gasteiger partial charge in [-0.25, -0.2) is 4.98 Å². The number of nitrogen functional groups attached to an aromatic ring is 1. The van der Waals surface area contributed by atoms with Crippen LogP contribution in [-0.4, -0.2) is 45.8 Å². The molecule has 0 bridgehead atoms. The van der Waals surface area contributed by atoms with Crippen LogP contribution in [0.1, 0.15) is 37.8 Å². The second-order valence-electron chi connectivity index (χ2n) is 7.85. The molecule has 1 aromatic rings. The number of H-pyrrole nitrogens is 1. The number of nitrogens with one attached hydrogen (secondary N) is 2. The van der Waals surface area contributed by atoms with Gasteiger partial charge in [0.05, 0.1) is 18.2 Å². The van der Waals surface area contributed by atoms with Gasteiger partial charge in [-0.1, -0.05) is 6.42 Å². The van der Waals surface area contributed by atoms with Crippen molar-refractivity contribution in [1.82, 2.24) is 20.2 Å². The number of aromatic amines is 1. The summed E-state index contributed by atoms with van der Waals surface area (Å²) in [6.45, 7) is 1.34. The van der Waals surface area contributed by atoms with Crippen LogP contribution in [0.25, 0.3) is 0 Å². The molecule has 1 aromatic heterocycles. The van der Waals surface area contributed by atoms with E-state index in [2.05, 4.69) is 15.3 Å². The van der Waals surface area contributed by atoms with Crippen molar-refractivity contribution >= 4 is 17.8 Å². The molecule has 4 rings (SSSR count). The predicted molar refractivity (Wildman–Crippen MR) is 95.0 cm³/mol. The van der Waals surface area contributed by atoms with Crippen molar-refractivity contribution in [2.45, 2.75) is 44.6 Å². The number of anilines is 1. The molecule has 2 saturated carbocycles. The minimum absolute atomic E-state index is 0.00861. The van der Waals surface area contributed by atoms with Crippen LogP contribution in [0.15, 0.2) is 10.9 Å². The van der Waals surface area contributed by atoms with Crippen LogP contribution in [0.5, 0.6) is 0 Å². The molecular formula is C18H25N5O3. The van der Waals surface area contributed by atoms with E-state index in [0.717, 1.165) is 25.8 Å². The smallest absolute Gasteiger partial charge is 0.252 e.